The molecule has 6 aromatic carbocycles. The van der Waals surface area contributed by atoms with Crippen molar-refractivity contribution in [3.05, 3.63) is 217 Å². The van der Waals surface area contributed by atoms with Crippen molar-refractivity contribution >= 4 is 39.0 Å². The van der Waals surface area contributed by atoms with Gasteiger partial charge in [0, 0.05) is 21.1 Å². The average molecular weight is 772 g/mol. The maximum Gasteiger partial charge on any atom is 0.101 e. The highest BCUT2D eigenvalue weighted by molar-refractivity contribution is 7.17. The molecule has 0 radical (unpaired) electrons. The summed E-state index contributed by atoms with van der Waals surface area (Å²) in [5, 5.41) is 3.59. The van der Waals surface area contributed by atoms with Gasteiger partial charge in [0.2, 0.25) is 0 Å². The highest BCUT2D eigenvalue weighted by atomic mass is 32.1. The smallest absolute Gasteiger partial charge is 0.101 e. The van der Waals surface area contributed by atoms with Crippen LogP contribution in [0.2, 0.25) is 0 Å². The molecule has 0 atom stereocenters. The van der Waals surface area contributed by atoms with Crippen LogP contribution in [0, 0.1) is 0 Å². The Kier molecular flexibility index (Phi) is 7.33. The molecular formula is C54H45NS2. The van der Waals surface area contributed by atoms with Gasteiger partial charge in [-0.05, 0) is 119 Å². The van der Waals surface area contributed by atoms with Crippen LogP contribution in [-0.4, -0.2) is 0 Å². The second-order valence-electron chi connectivity index (χ2n) is 18.1. The largest absolute Gasteiger partial charge is 0.302 e. The Morgan fingerprint density at radius 2 is 0.789 bits per heavy atom. The number of fused-ring (bicyclic) bond motifs is 16. The molecule has 0 unspecified atom stereocenters. The fourth-order valence-electron chi connectivity index (χ4n) is 10.3. The minimum absolute atomic E-state index is 0.0580. The third-order valence-corrected chi connectivity index (χ3v) is 15.3. The molecule has 57 heavy (non-hydrogen) atoms. The van der Waals surface area contributed by atoms with Gasteiger partial charge in [0.1, 0.15) is 5.00 Å². The maximum absolute atomic E-state index is 2.59. The summed E-state index contributed by atoms with van der Waals surface area (Å²) in [5.41, 5.74) is 17.9. The molecule has 0 N–H and O–H groups in total. The van der Waals surface area contributed by atoms with Crippen molar-refractivity contribution in [1.82, 2.24) is 0 Å². The number of rotatable bonds is 3. The number of thiophene rings is 2. The zero-order valence-corrected chi connectivity index (χ0v) is 35.0. The van der Waals surface area contributed by atoms with Crippen molar-refractivity contribution in [2.45, 2.75) is 63.2 Å². The first-order valence-corrected chi connectivity index (χ1v) is 21.9. The van der Waals surface area contributed by atoms with Crippen LogP contribution in [0.5, 0.6) is 0 Å². The molecule has 0 amide bonds. The lowest BCUT2D eigenvalue weighted by Crippen LogP contribution is -2.41. The molecule has 0 saturated carbocycles. The first-order valence-electron chi connectivity index (χ1n) is 20.2. The number of hydrogen-bond acceptors (Lipinski definition) is 3. The summed E-state index contributed by atoms with van der Waals surface area (Å²) in [7, 11) is 0. The number of benzene rings is 6. The van der Waals surface area contributed by atoms with E-state index in [9.17, 15) is 0 Å². The molecule has 278 valence electrons. The average Bonchev–Trinajstić information content (AvgIpc) is 4.00. The monoisotopic (exact) mass is 771 g/mol. The third-order valence-electron chi connectivity index (χ3n) is 13.0. The normalized spacial score (nSPS) is 15.1. The lowest BCUT2D eigenvalue weighted by molar-refractivity contribution is 0.590. The molecule has 0 fully saturated rings. The second-order valence-corrected chi connectivity index (χ2v) is 20.0. The summed E-state index contributed by atoms with van der Waals surface area (Å²) in [5.74, 6) is 0. The zero-order chi connectivity index (χ0) is 38.9. The highest BCUT2D eigenvalue weighted by Crippen LogP contribution is 2.70. The molecule has 3 aliphatic rings. The molecule has 11 rings (SSSR count). The van der Waals surface area contributed by atoms with Crippen LogP contribution >= 0.6 is 22.7 Å². The summed E-state index contributed by atoms with van der Waals surface area (Å²) >= 11 is 3.92. The Hall–Kier alpha value is -5.48. The SMILES string of the molecule is CC(C)(C)c1ccc(N(c2ccc(C(C)(C)C)cc2)c2cc3c(s2)C2(c4ccccc4-c4ccccc42)c2ccsc2C32c3ccccc3-c3ccccc32)cc1. The molecule has 0 bridgehead atoms. The maximum atomic E-state index is 2.59. The summed E-state index contributed by atoms with van der Waals surface area (Å²) in [6, 6.07) is 60.5. The van der Waals surface area contributed by atoms with E-state index < -0.39 is 10.8 Å². The number of hydrogen-bond donors (Lipinski definition) is 0. The molecule has 1 nitrogen and oxygen atoms in total. The minimum Gasteiger partial charge on any atom is -0.302 e. The fraction of sp³-hybridized carbons (Fsp3) is 0.185. The summed E-state index contributed by atoms with van der Waals surface area (Å²) < 4.78 is 0. The van der Waals surface area contributed by atoms with E-state index in [2.05, 4.69) is 210 Å². The topological polar surface area (TPSA) is 3.24 Å². The molecule has 3 heteroatoms. The summed E-state index contributed by atoms with van der Waals surface area (Å²) in [6.45, 7) is 13.8. The Morgan fingerprint density at radius 3 is 1.19 bits per heavy atom. The van der Waals surface area contributed by atoms with Crippen molar-refractivity contribution in [2.75, 3.05) is 4.90 Å². The first-order chi connectivity index (χ1) is 27.5. The van der Waals surface area contributed by atoms with Gasteiger partial charge in [0.05, 0.1) is 10.8 Å². The van der Waals surface area contributed by atoms with Crippen LogP contribution in [0.3, 0.4) is 0 Å². The number of nitrogens with zero attached hydrogens (tertiary/aromatic N) is 1. The molecule has 0 aliphatic heterocycles. The van der Waals surface area contributed by atoms with Gasteiger partial charge in [0.25, 0.3) is 0 Å². The lowest BCUT2D eigenvalue weighted by Gasteiger charge is -2.45. The predicted molar refractivity (Wildman–Crippen MR) is 242 cm³/mol. The predicted octanol–water partition coefficient (Wildman–Crippen LogP) is 14.9. The van der Waals surface area contributed by atoms with E-state index in [1.165, 1.54) is 92.9 Å². The molecule has 2 heterocycles. The molecule has 3 aliphatic carbocycles. The fourth-order valence-corrected chi connectivity index (χ4v) is 13.0. The minimum atomic E-state index is -0.462. The second kappa shape index (κ2) is 12.0. The van der Waals surface area contributed by atoms with Crippen LogP contribution in [0.25, 0.3) is 22.3 Å². The standard InChI is InChI=1S/C54H45NS2/c1-51(2,3)34-23-27-36(28-24-34)55(37-29-25-35(26-30-37)52(4,5)6)48-33-47-50(57-48)53(42-19-11-7-15-38(42)39-16-8-12-20-43(39)53)46-31-32-56-49(46)54(47)44-21-13-9-17-40(44)41-18-10-14-22-45(41)54/h7-33H,1-6H3. The number of anilines is 3. The van der Waals surface area contributed by atoms with Gasteiger partial charge < -0.3 is 4.90 Å². The molecule has 0 saturated heterocycles. The molecular weight excluding hydrogens is 727 g/mol. The highest BCUT2D eigenvalue weighted by Gasteiger charge is 2.61. The lowest BCUT2D eigenvalue weighted by atomic mass is 9.58. The van der Waals surface area contributed by atoms with E-state index in [-0.39, 0.29) is 10.8 Å². The van der Waals surface area contributed by atoms with Gasteiger partial charge in [-0.15, -0.1) is 22.7 Å². The van der Waals surface area contributed by atoms with Crippen LogP contribution < -0.4 is 4.90 Å². The van der Waals surface area contributed by atoms with E-state index >= 15 is 0 Å². The van der Waals surface area contributed by atoms with Gasteiger partial charge in [0.15, 0.2) is 0 Å². The van der Waals surface area contributed by atoms with Gasteiger partial charge in [-0.3, -0.25) is 0 Å². The van der Waals surface area contributed by atoms with Gasteiger partial charge >= 0.3 is 0 Å². The first kappa shape index (κ1) is 34.7. The Morgan fingerprint density at radius 1 is 0.404 bits per heavy atom. The van der Waals surface area contributed by atoms with Crippen molar-refractivity contribution in [2.24, 2.45) is 0 Å². The van der Waals surface area contributed by atoms with E-state index in [0.717, 1.165) is 0 Å². The van der Waals surface area contributed by atoms with Crippen molar-refractivity contribution in [3.8, 4) is 22.3 Å². The summed E-state index contributed by atoms with van der Waals surface area (Å²) in [6.07, 6.45) is 0. The third kappa shape index (κ3) is 4.62. The Balaban J connectivity index is 1.27. The summed E-state index contributed by atoms with van der Waals surface area (Å²) in [4.78, 5) is 5.37. The van der Waals surface area contributed by atoms with Gasteiger partial charge in [-0.1, -0.05) is 163 Å². The molecule has 2 aromatic heterocycles. The van der Waals surface area contributed by atoms with E-state index in [1.807, 2.05) is 22.7 Å². The van der Waals surface area contributed by atoms with Gasteiger partial charge in [-0.2, -0.15) is 0 Å². The quantitative estimate of drug-likeness (QED) is 0.173. The van der Waals surface area contributed by atoms with Crippen LogP contribution in [0.15, 0.2) is 163 Å². The molecule has 8 aromatic rings. The van der Waals surface area contributed by atoms with Crippen LogP contribution in [0.1, 0.15) is 95.8 Å². The van der Waals surface area contributed by atoms with Gasteiger partial charge in [-0.25, -0.2) is 0 Å². The van der Waals surface area contributed by atoms with Crippen molar-refractivity contribution < 1.29 is 0 Å². The van der Waals surface area contributed by atoms with Crippen LogP contribution in [0.4, 0.5) is 16.4 Å². The Bertz CT molecular complexity index is 2590. The van der Waals surface area contributed by atoms with Crippen LogP contribution in [-0.2, 0) is 21.7 Å². The van der Waals surface area contributed by atoms with Crippen molar-refractivity contribution in [1.29, 1.82) is 0 Å². The van der Waals surface area contributed by atoms with E-state index in [4.69, 9.17) is 0 Å². The van der Waals surface area contributed by atoms with E-state index in [0.29, 0.717) is 0 Å². The van der Waals surface area contributed by atoms with E-state index in [1.54, 1.807) is 0 Å². The Labute approximate surface area is 345 Å². The van der Waals surface area contributed by atoms with Crippen molar-refractivity contribution in [3.63, 3.8) is 0 Å². The zero-order valence-electron chi connectivity index (χ0n) is 33.4. The molecule has 2 spiro atoms.